The lowest BCUT2D eigenvalue weighted by Gasteiger charge is -2.31. The zero-order chi connectivity index (χ0) is 11.4. The van der Waals surface area contributed by atoms with E-state index < -0.39 is 0 Å². The van der Waals surface area contributed by atoms with Gasteiger partial charge in [-0.1, -0.05) is 6.92 Å². The van der Waals surface area contributed by atoms with Crippen LogP contribution in [0.4, 0.5) is 5.69 Å². The van der Waals surface area contributed by atoms with Crippen molar-refractivity contribution in [1.29, 1.82) is 0 Å². The Morgan fingerprint density at radius 3 is 3.12 bits per heavy atom. The van der Waals surface area contributed by atoms with Crippen molar-refractivity contribution < 1.29 is 4.74 Å². The monoisotopic (exact) mass is 221 g/mol. The summed E-state index contributed by atoms with van der Waals surface area (Å²) in [6.45, 7) is 5.47. The van der Waals surface area contributed by atoms with Gasteiger partial charge in [-0.15, -0.1) is 0 Å². The molecule has 1 aliphatic rings. The Morgan fingerprint density at radius 2 is 2.44 bits per heavy atom. The predicted molar refractivity (Wildman–Crippen MR) is 64.4 cm³/mol. The van der Waals surface area contributed by atoms with Gasteiger partial charge in [0.2, 0.25) is 5.88 Å². The van der Waals surface area contributed by atoms with Crippen LogP contribution in [0.5, 0.6) is 5.88 Å². The highest BCUT2D eigenvalue weighted by Gasteiger charge is 2.20. The van der Waals surface area contributed by atoms with Crippen molar-refractivity contribution in [3.63, 3.8) is 0 Å². The van der Waals surface area contributed by atoms with Gasteiger partial charge in [-0.25, -0.2) is 4.98 Å². The number of piperidine rings is 1. The molecular formula is C12H19N3O. The summed E-state index contributed by atoms with van der Waals surface area (Å²) in [7, 11) is 0. The van der Waals surface area contributed by atoms with Crippen molar-refractivity contribution in [2.24, 2.45) is 0 Å². The Morgan fingerprint density at radius 1 is 1.56 bits per heavy atom. The fourth-order valence-corrected chi connectivity index (χ4v) is 2.03. The van der Waals surface area contributed by atoms with Crippen LogP contribution in [-0.2, 0) is 0 Å². The van der Waals surface area contributed by atoms with Crippen LogP contribution in [0.3, 0.4) is 0 Å². The summed E-state index contributed by atoms with van der Waals surface area (Å²) in [5.41, 5.74) is 6.25. The van der Waals surface area contributed by atoms with E-state index in [0.717, 1.165) is 19.5 Å². The quantitative estimate of drug-likeness (QED) is 0.841. The van der Waals surface area contributed by atoms with Crippen molar-refractivity contribution in [1.82, 2.24) is 9.88 Å². The molecule has 1 unspecified atom stereocenters. The summed E-state index contributed by atoms with van der Waals surface area (Å²) in [6, 6.07) is 3.66. The van der Waals surface area contributed by atoms with Crippen molar-refractivity contribution in [2.75, 3.05) is 25.4 Å². The van der Waals surface area contributed by atoms with Gasteiger partial charge >= 0.3 is 0 Å². The molecule has 1 atom stereocenters. The molecule has 16 heavy (non-hydrogen) atoms. The summed E-state index contributed by atoms with van der Waals surface area (Å²) < 4.78 is 5.83. The molecule has 1 aromatic rings. The largest absolute Gasteiger partial charge is 0.473 e. The molecule has 2 heterocycles. The van der Waals surface area contributed by atoms with Crippen LogP contribution in [0.1, 0.15) is 19.8 Å². The highest BCUT2D eigenvalue weighted by atomic mass is 16.5. The molecule has 2 N–H and O–H groups in total. The number of pyridine rings is 1. The zero-order valence-corrected chi connectivity index (χ0v) is 9.72. The molecule has 88 valence electrons. The second-order valence-electron chi connectivity index (χ2n) is 4.21. The van der Waals surface area contributed by atoms with Gasteiger partial charge in [-0.3, -0.25) is 4.90 Å². The number of nitrogen functional groups attached to an aromatic ring is 1. The van der Waals surface area contributed by atoms with Gasteiger partial charge in [-0.05, 0) is 32.0 Å². The van der Waals surface area contributed by atoms with Gasteiger partial charge in [0, 0.05) is 12.6 Å². The second-order valence-corrected chi connectivity index (χ2v) is 4.21. The smallest absolute Gasteiger partial charge is 0.213 e. The third kappa shape index (κ3) is 2.85. The Bertz CT molecular complexity index is 326. The lowest BCUT2D eigenvalue weighted by molar-refractivity contribution is 0.0883. The van der Waals surface area contributed by atoms with Gasteiger partial charge in [0.15, 0.2) is 0 Å². The summed E-state index contributed by atoms with van der Waals surface area (Å²) in [6.07, 6.45) is 4.22. The third-order valence-corrected chi connectivity index (χ3v) is 2.96. The van der Waals surface area contributed by atoms with Crippen LogP contribution in [0.25, 0.3) is 0 Å². The predicted octanol–water partition coefficient (Wildman–Crippen LogP) is 1.53. The number of likely N-dealkylation sites (tertiary alicyclic amines) is 1. The van der Waals surface area contributed by atoms with E-state index in [-0.39, 0.29) is 6.10 Å². The van der Waals surface area contributed by atoms with E-state index in [1.807, 2.05) is 12.1 Å². The maximum atomic E-state index is 5.83. The summed E-state index contributed by atoms with van der Waals surface area (Å²) in [5, 5.41) is 0. The number of rotatable bonds is 3. The first-order chi connectivity index (χ1) is 7.78. The van der Waals surface area contributed by atoms with Gasteiger partial charge < -0.3 is 10.5 Å². The van der Waals surface area contributed by atoms with Crippen molar-refractivity contribution in [3.05, 3.63) is 18.3 Å². The zero-order valence-electron chi connectivity index (χ0n) is 9.72. The molecule has 4 heteroatoms. The first kappa shape index (κ1) is 11.2. The Kier molecular flexibility index (Phi) is 3.62. The average Bonchev–Trinajstić information content (AvgIpc) is 2.32. The van der Waals surface area contributed by atoms with E-state index >= 15 is 0 Å². The van der Waals surface area contributed by atoms with Crippen LogP contribution in [0.2, 0.25) is 0 Å². The van der Waals surface area contributed by atoms with Crippen LogP contribution in [0, 0.1) is 0 Å². The molecule has 0 radical (unpaired) electrons. The van der Waals surface area contributed by atoms with Crippen molar-refractivity contribution >= 4 is 5.69 Å². The van der Waals surface area contributed by atoms with E-state index in [1.165, 1.54) is 13.0 Å². The molecule has 0 spiro atoms. The summed E-state index contributed by atoms with van der Waals surface area (Å²) >= 11 is 0. The van der Waals surface area contributed by atoms with Gasteiger partial charge in [0.25, 0.3) is 0 Å². The first-order valence-electron chi connectivity index (χ1n) is 5.88. The second kappa shape index (κ2) is 5.16. The number of ether oxygens (including phenoxy) is 1. The summed E-state index contributed by atoms with van der Waals surface area (Å²) in [4.78, 5) is 6.57. The maximum Gasteiger partial charge on any atom is 0.213 e. The molecule has 1 aromatic heterocycles. The lowest BCUT2D eigenvalue weighted by atomic mass is 10.1. The SMILES string of the molecule is CCN1CCCC(Oc2ccc(N)cn2)C1. The van der Waals surface area contributed by atoms with Crippen LogP contribution >= 0.6 is 0 Å². The molecule has 0 saturated carbocycles. The first-order valence-corrected chi connectivity index (χ1v) is 5.88. The fourth-order valence-electron chi connectivity index (χ4n) is 2.03. The lowest BCUT2D eigenvalue weighted by Crippen LogP contribution is -2.40. The van der Waals surface area contributed by atoms with E-state index in [9.17, 15) is 0 Å². The third-order valence-electron chi connectivity index (χ3n) is 2.96. The number of nitrogens with zero attached hydrogens (tertiary/aromatic N) is 2. The minimum Gasteiger partial charge on any atom is -0.473 e. The van der Waals surface area contributed by atoms with Crippen LogP contribution in [-0.4, -0.2) is 35.6 Å². The van der Waals surface area contributed by atoms with Gasteiger partial charge in [-0.2, -0.15) is 0 Å². The van der Waals surface area contributed by atoms with E-state index in [2.05, 4.69) is 16.8 Å². The van der Waals surface area contributed by atoms with Crippen molar-refractivity contribution in [2.45, 2.75) is 25.9 Å². The molecule has 0 amide bonds. The number of anilines is 1. The number of hydrogen-bond donors (Lipinski definition) is 1. The highest BCUT2D eigenvalue weighted by molar-refractivity contribution is 5.36. The Hall–Kier alpha value is -1.29. The van der Waals surface area contributed by atoms with Crippen LogP contribution < -0.4 is 10.5 Å². The molecule has 1 saturated heterocycles. The van der Waals surface area contributed by atoms with Gasteiger partial charge in [0.1, 0.15) is 6.10 Å². The summed E-state index contributed by atoms with van der Waals surface area (Å²) in [5.74, 6) is 0.678. The van der Waals surface area contributed by atoms with Crippen molar-refractivity contribution in [3.8, 4) is 5.88 Å². The molecule has 0 bridgehead atoms. The minimum absolute atomic E-state index is 0.268. The Balaban J connectivity index is 1.91. The molecule has 1 aliphatic heterocycles. The fraction of sp³-hybridized carbons (Fsp3) is 0.583. The number of likely N-dealkylation sites (N-methyl/N-ethyl adjacent to an activating group) is 1. The molecular weight excluding hydrogens is 202 g/mol. The average molecular weight is 221 g/mol. The molecule has 4 nitrogen and oxygen atoms in total. The van der Waals surface area contributed by atoms with E-state index in [1.54, 1.807) is 6.20 Å². The van der Waals surface area contributed by atoms with E-state index in [4.69, 9.17) is 10.5 Å². The van der Waals surface area contributed by atoms with Crippen LogP contribution in [0.15, 0.2) is 18.3 Å². The van der Waals surface area contributed by atoms with E-state index in [0.29, 0.717) is 11.6 Å². The maximum absolute atomic E-state index is 5.83. The standard InChI is InChI=1S/C12H19N3O/c1-2-15-7-3-4-11(9-15)16-12-6-5-10(13)8-14-12/h5-6,8,11H,2-4,7,9,13H2,1H3. The molecule has 0 aliphatic carbocycles. The Labute approximate surface area is 96.4 Å². The molecule has 0 aromatic carbocycles. The minimum atomic E-state index is 0.268. The highest BCUT2D eigenvalue weighted by Crippen LogP contribution is 2.17. The topological polar surface area (TPSA) is 51.4 Å². The normalized spacial score (nSPS) is 21.9. The van der Waals surface area contributed by atoms with Gasteiger partial charge in [0.05, 0.1) is 11.9 Å². The number of aromatic nitrogens is 1. The number of nitrogens with two attached hydrogens (primary N) is 1. The molecule has 2 rings (SSSR count). The number of hydrogen-bond acceptors (Lipinski definition) is 4. The molecule has 1 fully saturated rings.